The van der Waals surface area contributed by atoms with Crippen molar-refractivity contribution >= 4 is 21.4 Å². The van der Waals surface area contributed by atoms with E-state index in [4.69, 9.17) is 10.8 Å². The van der Waals surface area contributed by atoms with Crippen molar-refractivity contribution in [2.45, 2.75) is 12.5 Å². The molecular weight excluding hydrogens is 284 g/mol. The first-order chi connectivity index (χ1) is 9.35. The van der Waals surface area contributed by atoms with Crippen LogP contribution in [0.25, 0.3) is 0 Å². The Bertz CT molecular complexity index is 590. The Balaban J connectivity index is 2.27. The van der Waals surface area contributed by atoms with E-state index < -0.39 is 21.8 Å². The maximum absolute atomic E-state index is 12.5. The summed E-state index contributed by atoms with van der Waals surface area (Å²) in [4.78, 5) is 13.9. The smallest absolute Gasteiger partial charge is 0.274 e. The molecule has 0 spiro atoms. The number of amides is 1. The molecule has 2 heterocycles. The number of aliphatic hydroxyl groups is 1. The summed E-state index contributed by atoms with van der Waals surface area (Å²) in [6.07, 6.45) is 1.75. The summed E-state index contributed by atoms with van der Waals surface area (Å²) < 4.78 is 24.5. The second-order valence-corrected chi connectivity index (χ2v) is 7.08. The highest BCUT2D eigenvalue weighted by molar-refractivity contribution is 7.91. The zero-order valence-corrected chi connectivity index (χ0v) is 12.0. The monoisotopic (exact) mass is 302 g/mol. The number of rotatable bonds is 4. The number of carbonyl (C=O) groups excluding carboxylic acids is 1. The molecule has 0 aromatic carbocycles. The van der Waals surface area contributed by atoms with Crippen LogP contribution in [0, 0.1) is 0 Å². The largest absolute Gasteiger partial charge is 0.396 e. The molecule has 1 aliphatic rings. The highest BCUT2D eigenvalue weighted by atomic mass is 32.2. The Labute approximate surface area is 117 Å². The molecule has 1 aromatic rings. The molecule has 2 rings (SSSR count). The topological polar surface area (TPSA) is 119 Å². The minimum Gasteiger partial charge on any atom is -0.396 e. The first-order valence-corrected chi connectivity index (χ1v) is 8.07. The maximum atomic E-state index is 12.5. The van der Waals surface area contributed by atoms with E-state index in [2.05, 4.69) is 5.10 Å². The predicted molar refractivity (Wildman–Crippen MR) is 72.8 cm³/mol. The fourth-order valence-electron chi connectivity index (χ4n) is 2.43. The number of nitrogens with two attached hydrogens (primary N) is 1. The van der Waals surface area contributed by atoms with Gasteiger partial charge in [0.1, 0.15) is 5.69 Å². The van der Waals surface area contributed by atoms with E-state index in [9.17, 15) is 13.2 Å². The maximum Gasteiger partial charge on any atom is 0.274 e. The van der Waals surface area contributed by atoms with Crippen LogP contribution in [-0.4, -0.2) is 64.8 Å². The summed E-state index contributed by atoms with van der Waals surface area (Å²) in [7, 11) is -1.52. The third kappa shape index (κ3) is 2.78. The van der Waals surface area contributed by atoms with Crippen molar-refractivity contribution in [2.75, 3.05) is 30.4 Å². The molecule has 20 heavy (non-hydrogen) atoms. The van der Waals surface area contributed by atoms with Crippen molar-refractivity contribution in [3.63, 3.8) is 0 Å². The molecule has 1 fully saturated rings. The van der Waals surface area contributed by atoms with Crippen LogP contribution < -0.4 is 5.73 Å². The summed E-state index contributed by atoms with van der Waals surface area (Å²) >= 11 is 0. The Morgan fingerprint density at radius 3 is 2.80 bits per heavy atom. The van der Waals surface area contributed by atoms with Crippen LogP contribution in [-0.2, 0) is 16.9 Å². The second-order valence-electron chi connectivity index (χ2n) is 4.85. The average molecular weight is 302 g/mol. The molecule has 8 nitrogen and oxygen atoms in total. The molecule has 1 unspecified atom stereocenters. The minimum absolute atomic E-state index is 0.0632. The lowest BCUT2D eigenvalue weighted by Gasteiger charge is -2.27. The third-order valence-electron chi connectivity index (χ3n) is 3.42. The zero-order chi connectivity index (χ0) is 14.9. The minimum atomic E-state index is -3.11. The first kappa shape index (κ1) is 14.8. The zero-order valence-electron chi connectivity index (χ0n) is 11.2. The molecule has 0 saturated carbocycles. The molecule has 1 aromatic heterocycles. The summed E-state index contributed by atoms with van der Waals surface area (Å²) in [5, 5.41) is 13.0. The number of hydrogen-bond donors (Lipinski definition) is 2. The molecular formula is C11H18N4O4S. The summed E-state index contributed by atoms with van der Waals surface area (Å²) in [6, 6.07) is -0.422. The Morgan fingerprint density at radius 2 is 2.35 bits per heavy atom. The van der Waals surface area contributed by atoms with Crippen molar-refractivity contribution in [1.82, 2.24) is 14.7 Å². The Morgan fingerprint density at radius 1 is 1.65 bits per heavy atom. The van der Waals surface area contributed by atoms with Gasteiger partial charge in [0.25, 0.3) is 5.91 Å². The molecule has 1 saturated heterocycles. The van der Waals surface area contributed by atoms with Gasteiger partial charge in [0.15, 0.2) is 9.84 Å². The molecule has 3 N–H and O–H groups in total. The van der Waals surface area contributed by atoms with Gasteiger partial charge in [0.2, 0.25) is 0 Å². The van der Waals surface area contributed by atoms with Crippen LogP contribution in [0.2, 0.25) is 0 Å². The van der Waals surface area contributed by atoms with Crippen LogP contribution in [0.3, 0.4) is 0 Å². The van der Waals surface area contributed by atoms with E-state index in [1.165, 1.54) is 15.8 Å². The van der Waals surface area contributed by atoms with E-state index in [1.807, 2.05) is 0 Å². The van der Waals surface area contributed by atoms with Gasteiger partial charge < -0.3 is 15.7 Å². The number of nitrogen functional groups attached to an aromatic ring is 1. The van der Waals surface area contributed by atoms with Gasteiger partial charge >= 0.3 is 0 Å². The van der Waals surface area contributed by atoms with Gasteiger partial charge in [0.05, 0.1) is 30.0 Å². The van der Waals surface area contributed by atoms with Crippen molar-refractivity contribution in [3.8, 4) is 0 Å². The number of anilines is 1. The van der Waals surface area contributed by atoms with Crippen LogP contribution >= 0.6 is 0 Å². The lowest BCUT2D eigenvalue weighted by Crippen LogP contribution is -2.43. The van der Waals surface area contributed by atoms with E-state index in [0.717, 1.165) is 0 Å². The van der Waals surface area contributed by atoms with Crippen molar-refractivity contribution in [3.05, 3.63) is 11.9 Å². The number of aromatic nitrogens is 2. The normalized spacial score (nSPS) is 21.0. The number of nitrogens with zero attached hydrogens (tertiary/aromatic N) is 3. The van der Waals surface area contributed by atoms with Gasteiger partial charge in [-0.15, -0.1) is 0 Å². The molecule has 0 radical (unpaired) electrons. The number of aryl methyl sites for hydroxylation is 1. The second kappa shape index (κ2) is 5.41. The van der Waals surface area contributed by atoms with Gasteiger partial charge in [-0.25, -0.2) is 8.42 Å². The van der Waals surface area contributed by atoms with Gasteiger partial charge in [-0.1, -0.05) is 0 Å². The molecule has 0 bridgehead atoms. The van der Waals surface area contributed by atoms with E-state index in [0.29, 0.717) is 6.42 Å². The molecule has 9 heteroatoms. The number of carbonyl (C=O) groups is 1. The molecule has 1 amide bonds. The van der Waals surface area contributed by atoms with Crippen LogP contribution in [0.15, 0.2) is 6.20 Å². The van der Waals surface area contributed by atoms with E-state index in [-0.39, 0.29) is 36.0 Å². The lowest BCUT2D eigenvalue weighted by atomic mass is 10.2. The first-order valence-electron chi connectivity index (χ1n) is 6.25. The van der Waals surface area contributed by atoms with Crippen molar-refractivity contribution in [2.24, 2.45) is 7.05 Å². The predicted octanol–water partition coefficient (Wildman–Crippen LogP) is -1.38. The van der Waals surface area contributed by atoms with Crippen LogP contribution in [0.5, 0.6) is 0 Å². The average Bonchev–Trinajstić information content (AvgIpc) is 2.89. The Hall–Kier alpha value is -1.61. The van der Waals surface area contributed by atoms with Crippen molar-refractivity contribution in [1.29, 1.82) is 0 Å². The highest BCUT2D eigenvalue weighted by Gasteiger charge is 2.36. The summed E-state index contributed by atoms with van der Waals surface area (Å²) in [5.74, 6) is -0.414. The molecule has 0 aliphatic carbocycles. The van der Waals surface area contributed by atoms with Gasteiger partial charge in [-0.3, -0.25) is 9.48 Å². The van der Waals surface area contributed by atoms with E-state index in [1.54, 1.807) is 7.05 Å². The fourth-order valence-corrected chi connectivity index (χ4v) is 4.16. The van der Waals surface area contributed by atoms with E-state index >= 15 is 0 Å². The molecule has 1 aliphatic heterocycles. The lowest BCUT2D eigenvalue weighted by molar-refractivity contribution is 0.0645. The Kier molecular flexibility index (Phi) is 4.00. The van der Waals surface area contributed by atoms with Gasteiger partial charge in [-0.2, -0.15) is 5.10 Å². The van der Waals surface area contributed by atoms with Gasteiger partial charge in [-0.05, 0) is 6.42 Å². The summed E-state index contributed by atoms with van der Waals surface area (Å²) in [5.41, 5.74) is 6.16. The quantitative estimate of drug-likeness (QED) is 0.708. The number of aliphatic hydroxyl groups excluding tert-OH is 1. The number of hydrogen-bond acceptors (Lipinski definition) is 6. The summed E-state index contributed by atoms with van der Waals surface area (Å²) in [6.45, 7) is -0.163. The SMILES string of the molecule is Cn1ncc(N)c1C(=O)N(CCO)C1CCS(=O)(=O)C1. The van der Waals surface area contributed by atoms with Crippen LogP contribution in [0.1, 0.15) is 16.9 Å². The standard InChI is InChI=1S/C11H18N4O4S/c1-14-10(9(12)6-13-14)11(17)15(3-4-16)8-2-5-20(18,19)7-8/h6,8,16H,2-5,7,12H2,1H3. The molecule has 1 atom stereocenters. The fraction of sp³-hybridized carbons (Fsp3) is 0.636. The van der Waals surface area contributed by atoms with Crippen LogP contribution in [0.4, 0.5) is 5.69 Å². The molecule has 112 valence electrons. The third-order valence-corrected chi connectivity index (χ3v) is 5.17. The highest BCUT2D eigenvalue weighted by Crippen LogP contribution is 2.21. The number of sulfone groups is 1. The van der Waals surface area contributed by atoms with Gasteiger partial charge in [0, 0.05) is 19.6 Å². The van der Waals surface area contributed by atoms with Crippen molar-refractivity contribution < 1.29 is 18.3 Å².